The number of aromatic nitrogens is 2. The summed E-state index contributed by atoms with van der Waals surface area (Å²) in [4.78, 5) is 10.7. The molecule has 0 spiro atoms. The van der Waals surface area contributed by atoms with Gasteiger partial charge in [0.1, 0.15) is 11.2 Å². The second-order valence-corrected chi connectivity index (χ2v) is 6.37. The summed E-state index contributed by atoms with van der Waals surface area (Å²) in [6.07, 6.45) is 3.93. The first-order valence-electron chi connectivity index (χ1n) is 8.39. The topological polar surface area (TPSA) is 59.0 Å². The highest BCUT2D eigenvalue weighted by atomic mass is 19.1. The largest absolute Gasteiger partial charge is 0.327 e. The number of piperidine rings is 1. The van der Waals surface area contributed by atoms with Gasteiger partial charge in [0.05, 0.1) is 11.4 Å². The van der Waals surface area contributed by atoms with Crippen molar-refractivity contribution in [3.63, 3.8) is 0 Å². The Morgan fingerprint density at radius 1 is 1.24 bits per heavy atom. The highest BCUT2D eigenvalue weighted by Gasteiger charge is 2.33. The Labute approximate surface area is 144 Å². The van der Waals surface area contributed by atoms with Gasteiger partial charge in [0, 0.05) is 18.1 Å². The number of alkyl halides is 1. The SMILES string of the molecule is O=CNc1cccc2cn(-c3ccc(C4(F)CCCNC4)cc3)nc12. The van der Waals surface area contributed by atoms with Crippen LogP contribution in [0.4, 0.5) is 10.1 Å². The minimum absolute atomic E-state index is 0.360. The number of benzene rings is 2. The molecule has 1 unspecified atom stereocenters. The highest BCUT2D eigenvalue weighted by molar-refractivity contribution is 5.94. The molecule has 1 aliphatic heterocycles. The maximum Gasteiger partial charge on any atom is 0.211 e. The number of nitrogens with one attached hydrogen (secondary N) is 2. The standard InChI is InChI=1S/C19H19FN4O/c20-19(9-2-10-21-12-19)15-5-7-16(8-6-15)24-11-14-3-1-4-17(22-13-25)18(14)23-24/h1,3-8,11,13,21H,2,9-10,12H2,(H,22,25). The van der Waals surface area contributed by atoms with Gasteiger partial charge in [0.15, 0.2) is 0 Å². The monoisotopic (exact) mass is 338 g/mol. The molecule has 0 aliphatic carbocycles. The Bertz CT molecular complexity index is 897. The Kier molecular flexibility index (Phi) is 3.97. The van der Waals surface area contributed by atoms with Crippen LogP contribution in [0.1, 0.15) is 18.4 Å². The minimum atomic E-state index is -1.30. The molecule has 25 heavy (non-hydrogen) atoms. The lowest BCUT2D eigenvalue weighted by Crippen LogP contribution is -2.40. The van der Waals surface area contributed by atoms with Crippen molar-refractivity contribution in [1.29, 1.82) is 0 Å². The first-order valence-corrected chi connectivity index (χ1v) is 8.39. The Balaban J connectivity index is 1.67. The highest BCUT2D eigenvalue weighted by Crippen LogP contribution is 2.33. The molecule has 1 saturated heterocycles. The smallest absolute Gasteiger partial charge is 0.211 e. The second-order valence-electron chi connectivity index (χ2n) is 6.37. The van der Waals surface area contributed by atoms with Gasteiger partial charge >= 0.3 is 0 Å². The van der Waals surface area contributed by atoms with Crippen LogP contribution in [-0.2, 0) is 10.5 Å². The average molecular weight is 338 g/mol. The van der Waals surface area contributed by atoms with Crippen LogP contribution >= 0.6 is 0 Å². The van der Waals surface area contributed by atoms with Crippen LogP contribution in [0.15, 0.2) is 48.7 Å². The van der Waals surface area contributed by atoms with E-state index in [0.29, 0.717) is 30.6 Å². The lowest BCUT2D eigenvalue weighted by molar-refractivity contribution is -0.105. The molecule has 1 amide bonds. The zero-order valence-electron chi connectivity index (χ0n) is 13.7. The molecule has 0 bridgehead atoms. The van der Waals surface area contributed by atoms with Crippen molar-refractivity contribution in [2.45, 2.75) is 18.5 Å². The van der Waals surface area contributed by atoms with Crippen LogP contribution in [0.3, 0.4) is 0 Å². The van der Waals surface area contributed by atoms with E-state index in [9.17, 15) is 4.79 Å². The van der Waals surface area contributed by atoms with Crippen molar-refractivity contribution in [2.75, 3.05) is 18.4 Å². The lowest BCUT2D eigenvalue weighted by atomic mass is 9.88. The van der Waals surface area contributed by atoms with Crippen molar-refractivity contribution < 1.29 is 9.18 Å². The van der Waals surface area contributed by atoms with Crippen LogP contribution in [0, 0.1) is 0 Å². The Hall–Kier alpha value is -2.73. The average Bonchev–Trinajstić information content (AvgIpc) is 3.08. The molecular formula is C19H19FN4O. The van der Waals surface area contributed by atoms with Crippen molar-refractivity contribution in [1.82, 2.24) is 15.1 Å². The summed E-state index contributed by atoms with van der Waals surface area (Å²) in [5.41, 5.74) is 1.64. The second kappa shape index (κ2) is 6.29. The van der Waals surface area contributed by atoms with Crippen molar-refractivity contribution in [3.05, 3.63) is 54.2 Å². The molecule has 3 aromatic rings. The fourth-order valence-electron chi connectivity index (χ4n) is 3.39. The third kappa shape index (κ3) is 2.89. The summed E-state index contributed by atoms with van der Waals surface area (Å²) in [5.74, 6) is 0. The summed E-state index contributed by atoms with van der Waals surface area (Å²) in [6.45, 7) is 1.24. The van der Waals surface area contributed by atoms with Crippen LogP contribution < -0.4 is 10.6 Å². The summed E-state index contributed by atoms with van der Waals surface area (Å²) in [6, 6.07) is 13.0. The normalized spacial score (nSPS) is 20.5. The van der Waals surface area contributed by atoms with Crippen molar-refractivity contribution >= 4 is 23.0 Å². The zero-order valence-corrected chi connectivity index (χ0v) is 13.7. The first kappa shape index (κ1) is 15.8. The molecular weight excluding hydrogens is 319 g/mol. The molecule has 0 saturated carbocycles. The summed E-state index contributed by atoms with van der Waals surface area (Å²) in [7, 11) is 0. The predicted molar refractivity (Wildman–Crippen MR) is 95.6 cm³/mol. The van der Waals surface area contributed by atoms with E-state index in [-0.39, 0.29) is 0 Å². The lowest BCUT2D eigenvalue weighted by Gasteiger charge is -2.30. The molecule has 5 nitrogen and oxygen atoms in total. The predicted octanol–water partition coefficient (Wildman–Crippen LogP) is 3.14. The number of amides is 1. The molecule has 128 valence electrons. The van der Waals surface area contributed by atoms with E-state index in [2.05, 4.69) is 15.7 Å². The van der Waals surface area contributed by atoms with E-state index < -0.39 is 5.67 Å². The van der Waals surface area contributed by atoms with Gasteiger partial charge in [-0.05, 0) is 43.1 Å². The molecule has 4 rings (SSSR count). The fourth-order valence-corrected chi connectivity index (χ4v) is 3.39. The van der Waals surface area contributed by atoms with E-state index in [4.69, 9.17) is 0 Å². The number of carbonyl (C=O) groups is 1. The summed E-state index contributed by atoms with van der Waals surface area (Å²) < 4.78 is 16.8. The molecule has 6 heteroatoms. The van der Waals surface area contributed by atoms with Gasteiger partial charge < -0.3 is 10.6 Å². The zero-order chi connectivity index (χ0) is 17.3. The maximum absolute atomic E-state index is 15.0. The molecule has 0 radical (unpaired) electrons. The number of halogens is 1. The third-order valence-corrected chi connectivity index (χ3v) is 4.73. The van der Waals surface area contributed by atoms with Crippen molar-refractivity contribution in [3.8, 4) is 5.69 Å². The van der Waals surface area contributed by atoms with Gasteiger partial charge in [-0.3, -0.25) is 4.79 Å². The molecule has 1 fully saturated rings. The number of hydrogen-bond acceptors (Lipinski definition) is 3. The number of anilines is 1. The quantitative estimate of drug-likeness (QED) is 0.719. The molecule has 2 aromatic carbocycles. The maximum atomic E-state index is 15.0. The fraction of sp³-hybridized carbons (Fsp3) is 0.263. The van der Waals surface area contributed by atoms with Gasteiger partial charge in [0.2, 0.25) is 6.41 Å². The van der Waals surface area contributed by atoms with E-state index in [1.54, 1.807) is 10.7 Å². The van der Waals surface area contributed by atoms with E-state index >= 15 is 4.39 Å². The number of hydrogen-bond donors (Lipinski definition) is 2. The van der Waals surface area contributed by atoms with Crippen molar-refractivity contribution in [2.24, 2.45) is 0 Å². The summed E-state index contributed by atoms with van der Waals surface area (Å²) in [5, 5.41) is 11.3. The molecule has 2 N–H and O–H groups in total. The number of rotatable bonds is 4. The van der Waals surface area contributed by atoms with Crippen LogP contribution in [0.2, 0.25) is 0 Å². The molecule has 2 heterocycles. The minimum Gasteiger partial charge on any atom is -0.327 e. The number of fused-ring (bicyclic) bond motifs is 1. The van der Waals surface area contributed by atoms with Gasteiger partial charge in [0.25, 0.3) is 0 Å². The van der Waals surface area contributed by atoms with Gasteiger partial charge in [-0.2, -0.15) is 5.10 Å². The van der Waals surface area contributed by atoms with E-state index in [1.807, 2.05) is 42.6 Å². The number of carbonyl (C=O) groups excluding carboxylic acids is 1. The van der Waals surface area contributed by atoms with E-state index in [0.717, 1.165) is 29.6 Å². The Morgan fingerprint density at radius 2 is 2.08 bits per heavy atom. The van der Waals surface area contributed by atoms with Gasteiger partial charge in [-0.15, -0.1) is 0 Å². The third-order valence-electron chi connectivity index (χ3n) is 4.73. The van der Waals surface area contributed by atoms with Crippen LogP contribution in [-0.4, -0.2) is 29.3 Å². The summed E-state index contributed by atoms with van der Waals surface area (Å²) >= 11 is 0. The Morgan fingerprint density at radius 3 is 2.80 bits per heavy atom. The van der Waals surface area contributed by atoms with Crippen LogP contribution in [0.5, 0.6) is 0 Å². The van der Waals surface area contributed by atoms with Gasteiger partial charge in [-0.25, -0.2) is 9.07 Å². The van der Waals surface area contributed by atoms with E-state index in [1.165, 1.54) is 0 Å². The first-order chi connectivity index (χ1) is 12.2. The molecule has 1 aromatic heterocycles. The number of nitrogens with zero attached hydrogens (tertiary/aromatic N) is 2. The van der Waals surface area contributed by atoms with Crippen LogP contribution in [0.25, 0.3) is 16.6 Å². The molecule has 1 atom stereocenters. The van der Waals surface area contributed by atoms with Gasteiger partial charge in [-0.1, -0.05) is 24.3 Å². The molecule has 1 aliphatic rings.